The molecule has 0 saturated carbocycles. The van der Waals surface area contributed by atoms with Crippen LogP contribution in [0.1, 0.15) is 11.3 Å². The fraction of sp³-hybridized carbons (Fsp3) is 0.222. The van der Waals surface area contributed by atoms with Crippen molar-refractivity contribution in [2.24, 2.45) is 4.99 Å². The second-order valence-corrected chi connectivity index (χ2v) is 3.50. The van der Waals surface area contributed by atoms with Gasteiger partial charge in [0.15, 0.2) is 0 Å². The Hall–Kier alpha value is -1.09. The lowest BCUT2D eigenvalue weighted by atomic mass is 10.3. The summed E-state index contributed by atoms with van der Waals surface area (Å²) in [6.07, 6.45) is 0.842. The van der Waals surface area contributed by atoms with Gasteiger partial charge in [0.2, 0.25) is 5.90 Å². The van der Waals surface area contributed by atoms with Gasteiger partial charge in [-0.3, -0.25) is 0 Å². The maximum atomic E-state index is 5.40. The Labute approximate surface area is 75.2 Å². The number of rotatable bonds is 1. The molecule has 12 heavy (non-hydrogen) atoms. The molecule has 0 atom stereocenters. The van der Waals surface area contributed by atoms with Crippen molar-refractivity contribution in [3.63, 3.8) is 0 Å². The fourth-order valence-corrected chi connectivity index (χ4v) is 1.70. The van der Waals surface area contributed by atoms with Crippen LogP contribution in [0.4, 0.5) is 0 Å². The summed E-state index contributed by atoms with van der Waals surface area (Å²) in [7, 11) is 0. The van der Waals surface area contributed by atoms with Gasteiger partial charge in [0, 0.05) is 13.0 Å². The lowest BCUT2D eigenvalue weighted by Gasteiger charge is -2.13. The second-order valence-electron chi connectivity index (χ2n) is 2.55. The predicted molar refractivity (Wildman–Crippen MR) is 50.6 cm³/mol. The molecule has 1 aliphatic rings. The number of aliphatic imine (C=N–C) groups is 1. The highest BCUT2D eigenvalue weighted by molar-refractivity contribution is 7.12. The van der Waals surface area contributed by atoms with E-state index in [0.29, 0.717) is 0 Å². The second kappa shape index (κ2) is 3.11. The zero-order chi connectivity index (χ0) is 8.39. The maximum Gasteiger partial charge on any atom is 0.231 e. The number of hydrogen-bond acceptors (Lipinski definition) is 3. The molecule has 0 fully saturated rings. The zero-order valence-corrected chi connectivity index (χ0v) is 7.43. The Morgan fingerprint density at radius 1 is 1.58 bits per heavy atom. The molecule has 2 nitrogen and oxygen atoms in total. The molecule has 1 aromatic heterocycles. The highest BCUT2D eigenvalue weighted by Crippen LogP contribution is 2.17. The smallest absolute Gasteiger partial charge is 0.231 e. The summed E-state index contributed by atoms with van der Waals surface area (Å²) in [5.74, 6) is 1.54. The van der Waals surface area contributed by atoms with Crippen LogP contribution in [0.25, 0.3) is 0 Å². The average molecular weight is 179 g/mol. The van der Waals surface area contributed by atoms with Crippen LogP contribution in [-0.4, -0.2) is 12.4 Å². The van der Waals surface area contributed by atoms with Crippen LogP contribution in [-0.2, 0) is 4.74 Å². The molecule has 0 saturated heterocycles. The fourth-order valence-electron chi connectivity index (χ4n) is 1.03. The Bertz CT molecular complexity index is 313. The Morgan fingerprint density at radius 3 is 3.17 bits per heavy atom. The Morgan fingerprint density at radius 2 is 2.50 bits per heavy atom. The molecule has 0 radical (unpaired) electrons. The van der Waals surface area contributed by atoms with E-state index in [2.05, 4.69) is 11.6 Å². The summed E-state index contributed by atoms with van der Waals surface area (Å²) in [4.78, 5) is 5.35. The third-order valence-corrected chi connectivity index (χ3v) is 2.48. The van der Waals surface area contributed by atoms with Gasteiger partial charge in [-0.15, -0.1) is 11.3 Å². The van der Waals surface area contributed by atoms with E-state index in [1.54, 1.807) is 11.3 Å². The van der Waals surface area contributed by atoms with Crippen molar-refractivity contribution < 1.29 is 4.74 Å². The van der Waals surface area contributed by atoms with E-state index < -0.39 is 0 Å². The molecule has 0 spiro atoms. The van der Waals surface area contributed by atoms with E-state index in [1.165, 1.54) is 0 Å². The van der Waals surface area contributed by atoms with E-state index >= 15 is 0 Å². The monoisotopic (exact) mass is 179 g/mol. The molecule has 0 aliphatic carbocycles. The molecule has 0 amide bonds. The molecule has 3 heteroatoms. The lowest BCUT2D eigenvalue weighted by Crippen LogP contribution is -2.11. The minimum absolute atomic E-state index is 0.723. The van der Waals surface area contributed by atoms with Crippen LogP contribution in [0.15, 0.2) is 34.8 Å². The molecule has 62 valence electrons. The van der Waals surface area contributed by atoms with Gasteiger partial charge in [-0.2, -0.15) is 0 Å². The van der Waals surface area contributed by atoms with Crippen LogP contribution >= 0.6 is 11.3 Å². The molecule has 0 N–H and O–H groups in total. The zero-order valence-electron chi connectivity index (χ0n) is 6.62. The largest absolute Gasteiger partial charge is 0.443 e. The standard InChI is InChI=1S/C9H9NOS/c1-7-4-5-10-9(11-7)8-3-2-6-12-8/h2-3,6H,1,4-5H2. The Balaban J connectivity index is 2.24. The predicted octanol–water partition coefficient (Wildman–Crippen LogP) is 2.43. The average Bonchev–Trinajstić information content (AvgIpc) is 2.56. The van der Waals surface area contributed by atoms with Crippen LogP contribution in [0, 0.1) is 0 Å². The van der Waals surface area contributed by atoms with Crippen molar-refractivity contribution in [2.75, 3.05) is 6.54 Å². The quantitative estimate of drug-likeness (QED) is 0.648. The number of hydrogen-bond donors (Lipinski definition) is 0. The molecule has 2 heterocycles. The van der Waals surface area contributed by atoms with Crippen LogP contribution in [0.3, 0.4) is 0 Å². The molecule has 0 unspecified atom stereocenters. The highest BCUT2D eigenvalue weighted by atomic mass is 32.1. The summed E-state index contributed by atoms with van der Waals surface area (Å²) in [6, 6.07) is 3.99. The molecule has 0 bridgehead atoms. The topological polar surface area (TPSA) is 21.6 Å². The first-order valence-corrected chi connectivity index (χ1v) is 4.68. The molecular weight excluding hydrogens is 170 g/mol. The van der Waals surface area contributed by atoms with Gasteiger partial charge < -0.3 is 4.74 Å². The van der Waals surface area contributed by atoms with Crippen LogP contribution < -0.4 is 0 Å². The van der Waals surface area contributed by atoms with Gasteiger partial charge >= 0.3 is 0 Å². The molecule has 1 aliphatic heterocycles. The van der Waals surface area contributed by atoms with Crippen molar-refractivity contribution in [1.82, 2.24) is 0 Å². The van der Waals surface area contributed by atoms with Crippen LogP contribution in [0.5, 0.6) is 0 Å². The van der Waals surface area contributed by atoms with E-state index in [4.69, 9.17) is 4.74 Å². The number of nitrogens with zero attached hydrogens (tertiary/aromatic N) is 1. The van der Waals surface area contributed by atoms with Gasteiger partial charge in [-0.05, 0) is 11.4 Å². The van der Waals surface area contributed by atoms with E-state index in [1.807, 2.05) is 17.5 Å². The third-order valence-electron chi connectivity index (χ3n) is 1.62. The van der Waals surface area contributed by atoms with E-state index in [9.17, 15) is 0 Å². The van der Waals surface area contributed by atoms with Gasteiger partial charge in [0.05, 0.1) is 4.88 Å². The number of thiophene rings is 1. The molecule has 2 rings (SSSR count). The van der Waals surface area contributed by atoms with Gasteiger partial charge in [-0.25, -0.2) is 4.99 Å². The maximum absolute atomic E-state index is 5.40. The first kappa shape index (κ1) is 7.55. The first-order chi connectivity index (χ1) is 5.86. The van der Waals surface area contributed by atoms with Crippen molar-refractivity contribution in [1.29, 1.82) is 0 Å². The first-order valence-electron chi connectivity index (χ1n) is 3.80. The summed E-state index contributed by atoms with van der Waals surface area (Å²) in [6.45, 7) is 4.57. The minimum atomic E-state index is 0.723. The number of ether oxygens (including phenoxy) is 1. The van der Waals surface area contributed by atoms with Crippen LogP contribution in [0.2, 0.25) is 0 Å². The SMILES string of the molecule is C=C1CCN=C(c2cccs2)O1. The van der Waals surface area contributed by atoms with Crippen molar-refractivity contribution in [3.8, 4) is 0 Å². The van der Waals surface area contributed by atoms with Gasteiger partial charge in [0.25, 0.3) is 0 Å². The molecule has 0 aromatic carbocycles. The van der Waals surface area contributed by atoms with E-state index in [0.717, 1.165) is 29.5 Å². The summed E-state index contributed by atoms with van der Waals surface area (Å²) in [5.41, 5.74) is 0. The summed E-state index contributed by atoms with van der Waals surface area (Å²) < 4.78 is 5.40. The van der Waals surface area contributed by atoms with Crippen molar-refractivity contribution in [2.45, 2.75) is 6.42 Å². The van der Waals surface area contributed by atoms with E-state index in [-0.39, 0.29) is 0 Å². The molecular formula is C9H9NOS. The highest BCUT2D eigenvalue weighted by Gasteiger charge is 2.11. The van der Waals surface area contributed by atoms with Crippen molar-refractivity contribution in [3.05, 3.63) is 34.7 Å². The third kappa shape index (κ3) is 1.41. The Kier molecular flexibility index (Phi) is 1.96. The van der Waals surface area contributed by atoms with Gasteiger partial charge in [0.1, 0.15) is 5.76 Å². The minimum Gasteiger partial charge on any atom is -0.443 e. The molecule has 1 aromatic rings. The lowest BCUT2D eigenvalue weighted by molar-refractivity contribution is 0.380. The van der Waals surface area contributed by atoms with Crippen molar-refractivity contribution >= 4 is 17.2 Å². The summed E-state index contributed by atoms with van der Waals surface area (Å²) in [5, 5.41) is 2.01. The summed E-state index contributed by atoms with van der Waals surface area (Å²) >= 11 is 1.63. The normalized spacial score (nSPS) is 17.0. The van der Waals surface area contributed by atoms with Gasteiger partial charge in [-0.1, -0.05) is 12.6 Å².